The van der Waals surface area contributed by atoms with Gasteiger partial charge >= 0.3 is 11.9 Å². The van der Waals surface area contributed by atoms with E-state index in [-0.39, 0.29) is 10.8 Å². The van der Waals surface area contributed by atoms with Crippen LogP contribution in [0.1, 0.15) is 20.7 Å². The quantitative estimate of drug-likeness (QED) is 0.0941. The van der Waals surface area contributed by atoms with Crippen molar-refractivity contribution in [2.75, 3.05) is 0 Å². The Morgan fingerprint density at radius 1 is 0.421 bits per heavy atom. The van der Waals surface area contributed by atoms with Crippen molar-refractivity contribution in [1.82, 2.24) is 0 Å². The van der Waals surface area contributed by atoms with Crippen LogP contribution >= 0.6 is 0 Å². The molecule has 0 bridgehead atoms. The number of fused-ring (bicyclic) bond motifs is 1. The Labute approximate surface area is 203 Å². The molecule has 0 unspecified atom stereocenters. The van der Waals surface area contributed by atoms with Crippen LogP contribution in [-0.4, -0.2) is 11.9 Å². The maximum absolute atomic E-state index is 13.8. The summed E-state index contributed by atoms with van der Waals surface area (Å²) in [5.74, 6) is -28.7. The molecule has 4 aromatic rings. The molecule has 0 radical (unpaired) electrons. The first-order valence-electron chi connectivity index (χ1n) is 9.84. The minimum Gasteiger partial charge on any atom is -0.423 e. The molecule has 38 heavy (non-hydrogen) atoms. The first-order chi connectivity index (χ1) is 17.8. The van der Waals surface area contributed by atoms with E-state index >= 15 is 0 Å². The molecule has 196 valence electrons. The van der Waals surface area contributed by atoms with Crippen LogP contribution in [0.3, 0.4) is 0 Å². The van der Waals surface area contributed by atoms with E-state index in [1.807, 2.05) is 0 Å². The Bertz CT molecular complexity index is 1490. The third-order valence-corrected chi connectivity index (χ3v) is 5.03. The monoisotopic (exact) mass is 548 g/mol. The molecule has 0 fully saturated rings. The minimum atomic E-state index is -2.47. The Balaban J connectivity index is 1.59. The number of hydrogen-bond donors (Lipinski definition) is 0. The van der Waals surface area contributed by atoms with Crippen LogP contribution in [0.4, 0.5) is 43.9 Å². The average Bonchev–Trinajstić information content (AvgIpc) is 2.88. The molecule has 0 spiro atoms. The molecule has 0 heterocycles. The van der Waals surface area contributed by atoms with Gasteiger partial charge in [0.25, 0.3) is 0 Å². The maximum atomic E-state index is 13.8. The second kappa shape index (κ2) is 9.68. The molecule has 0 aliphatic carbocycles. The van der Waals surface area contributed by atoms with E-state index in [0.717, 1.165) is 36.4 Å². The van der Waals surface area contributed by atoms with Crippen LogP contribution in [0.15, 0.2) is 36.4 Å². The molecule has 0 aromatic heterocycles. The summed E-state index contributed by atoms with van der Waals surface area (Å²) in [6.07, 6.45) is 0. The van der Waals surface area contributed by atoms with Gasteiger partial charge in [0.15, 0.2) is 46.5 Å². The second-order valence-corrected chi connectivity index (χ2v) is 7.34. The van der Waals surface area contributed by atoms with E-state index in [0.29, 0.717) is 0 Å². The molecule has 0 atom stereocenters. The predicted molar refractivity (Wildman–Crippen MR) is 106 cm³/mol. The smallest absolute Gasteiger partial charge is 0.349 e. The number of ether oxygens (including phenoxy) is 2. The van der Waals surface area contributed by atoms with E-state index in [2.05, 4.69) is 9.47 Å². The molecule has 0 aliphatic rings. The summed E-state index contributed by atoms with van der Waals surface area (Å²) in [4.78, 5) is 24.2. The van der Waals surface area contributed by atoms with Gasteiger partial charge in [-0.05, 0) is 35.0 Å². The third-order valence-electron chi connectivity index (χ3n) is 5.03. The van der Waals surface area contributed by atoms with Crippen molar-refractivity contribution < 1.29 is 63.0 Å². The fourth-order valence-corrected chi connectivity index (χ4v) is 3.21. The molecule has 0 saturated heterocycles. The molecular weight excluding hydrogens is 542 g/mol. The Hall–Kier alpha value is -4.62. The average molecular weight is 548 g/mol. The molecule has 0 aliphatic heterocycles. The summed E-state index contributed by atoms with van der Waals surface area (Å²) in [6, 6.07) is 6.45. The zero-order valence-electron chi connectivity index (χ0n) is 17.9. The van der Waals surface area contributed by atoms with Gasteiger partial charge in [0.05, 0.1) is 0 Å². The van der Waals surface area contributed by atoms with Crippen molar-refractivity contribution >= 4 is 22.7 Å². The third kappa shape index (κ3) is 4.37. The highest BCUT2D eigenvalue weighted by atomic mass is 19.2. The number of carbonyl (C=O) groups is 2. The van der Waals surface area contributed by atoms with Crippen LogP contribution in [0.5, 0.6) is 11.5 Å². The van der Waals surface area contributed by atoms with Gasteiger partial charge in [-0.25, -0.2) is 53.5 Å². The molecule has 4 rings (SSSR count). The number of hydrogen-bond acceptors (Lipinski definition) is 4. The Morgan fingerprint density at radius 3 is 0.974 bits per heavy atom. The van der Waals surface area contributed by atoms with E-state index in [1.165, 1.54) is 0 Å². The Kier molecular flexibility index (Phi) is 6.74. The summed E-state index contributed by atoms with van der Waals surface area (Å²) in [5.41, 5.74) is -3.67. The van der Waals surface area contributed by atoms with Gasteiger partial charge in [-0.15, -0.1) is 0 Å². The second-order valence-electron chi connectivity index (χ2n) is 7.34. The van der Waals surface area contributed by atoms with Crippen molar-refractivity contribution in [3.05, 3.63) is 106 Å². The molecule has 14 heteroatoms. The van der Waals surface area contributed by atoms with Gasteiger partial charge in [0.1, 0.15) is 22.6 Å². The number of rotatable bonds is 4. The molecule has 0 amide bonds. The summed E-state index contributed by atoms with van der Waals surface area (Å²) >= 11 is 0. The van der Waals surface area contributed by atoms with Crippen LogP contribution in [0.25, 0.3) is 10.8 Å². The normalized spacial score (nSPS) is 11.1. The van der Waals surface area contributed by atoms with Crippen molar-refractivity contribution in [1.29, 1.82) is 0 Å². The lowest BCUT2D eigenvalue weighted by molar-refractivity contribution is 0.0710. The van der Waals surface area contributed by atoms with Gasteiger partial charge in [-0.2, -0.15) is 0 Å². The molecular formula is C24H6F10O4. The minimum absolute atomic E-state index is 0.170. The van der Waals surface area contributed by atoms with Crippen molar-refractivity contribution in [2.45, 2.75) is 0 Å². The van der Waals surface area contributed by atoms with Crippen LogP contribution < -0.4 is 9.47 Å². The topological polar surface area (TPSA) is 52.6 Å². The SMILES string of the molecule is O=C(Oc1ccc2cc(OC(=O)c3c(F)c(F)c(F)c(F)c3F)ccc2c1)c1c(F)c(F)c(F)c(F)c1F. The number of carbonyl (C=O) groups excluding carboxylic acids is 2. The highest BCUT2D eigenvalue weighted by Crippen LogP contribution is 2.29. The standard InChI is InChI=1S/C24H6F10O4/c25-13-11(14(26)18(30)21(33)17(13)29)23(35)37-9-3-1-7-5-10(4-2-8(7)6-9)38-24(36)12-15(27)19(31)22(34)20(32)16(12)28/h1-6H. The maximum Gasteiger partial charge on any atom is 0.349 e. The Morgan fingerprint density at radius 2 is 0.684 bits per heavy atom. The number of benzene rings is 4. The van der Waals surface area contributed by atoms with Gasteiger partial charge in [0, 0.05) is 0 Å². The highest BCUT2D eigenvalue weighted by Gasteiger charge is 2.32. The van der Waals surface area contributed by atoms with E-state index in [1.54, 1.807) is 0 Å². The molecule has 4 nitrogen and oxygen atoms in total. The first-order valence-corrected chi connectivity index (χ1v) is 9.84. The van der Waals surface area contributed by atoms with Gasteiger partial charge in [-0.3, -0.25) is 0 Å². The largest absolute Gasteiger partial charge is 0.423 e. The zero-order chi connectivity index (χ0) is 28.0. The van der Waals surface area contributed by atoms with E-state index in [4.69, 9.17) is 0 Å². The summed E-state index contributed by atoms with van der Waals surface area (Å²) < 4.78 is 144. The van der Waals surface area contributed by atoms with Gasteiger partial charge in [-0.1, -0.05) is 12.1 Å². The summed E-state index contributed by atoms with van der Waals surface area (Å²) in [7, 11) is 0. The molecule has 0 saturated carbocycles. The summed E-state index contributed by atoms with van der Waals surface area (Å²) in [6.45, 7) is 0. The van der Waals surface area contributed by atoms with E-state index in [9.17, 15) is 53.5 Å². The fourth-order valence-electron chi connectivity index (χ4n) is 3.21. The van der Waals surface area contributed by atoms with E-state index < -0.39 is 92.7 Å². The lowest BCUT2D eigenvalue weighted by Crippen LogP contribution is -2.17. The lowest BCUT2D eigenvalue weighted by atomic mass is 10.1. The zero-order valence-corrected chi connectivity index (χ0v) is 17.9. The highest BCUT2D eigenvalue weighted by molar-refractivity contribution is 5.94. The number of halogens is 10. The van der Waals surface area contributed by atoms with Crippen LogP contribution in [0, 0.1) is 58.2 Å². The summed E-state index contributed by atoms with van der Waals surface area (Å²) in [5, 5.41) is 0.340. The number of esters is 2. The lowest BCUT2D eigenvalue weighted by Gasteiger charge is -2.10. The van der Waals surface area contributed by atoms with Crippen LogP contribution in [-0.2, 0) is 0 Å². The molecule has 4 aromatic carbocycles. The van der Waals surface area contributed by atoms with Gasteiger partial charge in [0.2, 0.25) is 11.6 Å². The molecule has 0 N–H and O–H groups in total. The van der Waals surface area contributed by atoms with Crippen LogP contribution in [0.2, 0.25) is 0 Å². The van der Waals surface area contributed by atoms with Gasteiger partial charge < -0.3 is 9.47 Å². The van der Waals surface area contributed by atoms with Crippen molar-refractivity contribution in [2.24, 2.45) is 0 Å². The predicted octanol–water partition coefficient (Wildman–Crippen LogP) is 6.67. The fraction of sp³-hybridized carbons (Fsp3) is 0. The first kappa shape index (κ1) is 26.4. The van der Waals surface area contributed by atoms with Crippen molar-refractivity contribution in [3.63, 3.8) is 0 Å². The van der Waals surface area contributed by atoms with Crippen molar-refractivity contribution in [3.8, 4) is 11.5 Å².